The summed E-state index contributed by atoms with van der Waals surface area (Å²) in [6.07, 6.45) is 0.843. The quantitative estimate of drug-likeness (QED) is 0.387. The van der Waals surface area contributed by atoms with Crippen LogP contribution in [0.5, 0.6) is 5.75 Å². The number of anilines is 1. The monoisotopic (exact) mass is 472 g/mol. The Morgan fingerprint density at radius 2 is 1.60 bits per heavy atom. The molecule has 0 amide bonds. The fraction of sp³-hybridized carbons (Fsp3) is 0.296. The largest absolute Gasteiger partial charge is 0.497 e. The minimum Gasteiger partial charge on any atom is -0.497 e. The normalized spacial score (nSPS) is 15.2. The first kappa shape index (κ1) is 23.0. The maximum atomic E-state index is 14.4. The summed E-state index contributed by atoms with van der Waals surface area (Å²) in [7, 11) is 1.67. The molecule has 0 N–H and O–H groups in total. The van der Waals surface area contributed by atoms with Crippen LogP contribution in [0.3, 0.4) is 0 Å². The van der Waals surface area contributed by atoms with Gasteiger partial charge < -0.3 is 9.64 Å². The number of halogens is 1. The van der Waals surface area contributed by atoms with Crippen molar-refractivity contribution in [1.82, 2.24) is 25.1 Å². The fourth-order valence-corrected chi connectivity index (χ4v) is 4.68. The highest BCUT2D eigenvalue weighted by Gasteiger charge is 2.31. The van der Waals surface area contributed by atoms with E-state index in [9.17, 15) is 4.39 Å². The number of para-hydroxylation sites is 1. The zero-order chi connectivity index (χ0) is 24.0. The van der Waals surface area contributed by atoms with Gasteiger partial charge in [-0.3, -0.25) is 4.90 Å². The van der Waals surface area contributed by atoms with Crippen molar-refractivity contribution in [1.29, 1.82) is 0 Å². The predicted molar refractivity (Wildman–Crippen MR) is 133 cm³/mol. The standard InChI is InChI=1S/C27H29FN6O/c1-35-23-13-11-22(12-14-23)26(27-29-30-31-34(27)16-15-21-7-3-2-4-8-21)33-19-17-32(18-20-33)25-10-6-5-9-24(25)28/h2-14,26H,15-20H2,1H3. The zero-order valence-corrected chi connectivity index (χ0v) is 19.8. The van der Waals surface area contributed by atoms with Crippen LogP contribution in [-0.4, -0.2) is 58.4 Å². The molecule has 4 aromatic rings. The van der Waals surface area contributed by atoms with Crippen LogP contribution in [0.2, 0.25) is 0 Å². The Bertz CT molecular complexity index is 1220. The number of methoxy groups -OCH3 is 1. The molecule has 0 spiro atoms. The van der Waals surface area contributed by atoms with E-state index in [4.69, 9.17) is 4.74 Å². The summed E-state index contributed by atoms with van der Waals surface area (Å²) in [5, 5.41) is 12.8. The first-order chi connectivity index (χ1) is 17.2. The maximum Gasteiger partial charge on any atom is 0.173 e. The van der Waals surface area contributed by atoms with E-state index in [-0.39, 0.29) is 11.9 Å². The molecule has 3 aromatic carbocycles. The molecule has 0 aliphatic carbocycles. The number of aryl methyl sites for hydroxylation is 2. The van der Waals surface area contributed by atoms with Crippen LogP contribution >= 0.6 is 0 Å². The third-order valence-electron chi connectivity index (χ3n) is 6.56. The number of hydrogen-bond acceptors (Lipinski definition) is 6. The number of hydrogen-bond donors (Lipinski definition) is 0. The molecule has 2 heterocycles. The number of tetrazole rings is 1. The van der Waals surface area contributed by atoms with Crippen molar-refractivity contribution in [2.24, 2.45) is 0 Å². The molecule has 0 saturated carbocycles. The lowest BCUT2D eigenvalue weighted by atomic mass is 10.0. The summed E-state index contributed by atoms with van der Waals surface area (Å²) in [6, 6.07) is 25.3. The second-order valence-corrected chi connectivity index (χ2v) is 8.65. The third kappa shape index (κ3) is 5.17. The van der Waals surface area contributed by atoms with Gasteiger partial charge in [0.15, 0.2) is 5.82 Å². The SMILES string of the molecule is COc1ccc(C(c2nnnn2CCc2ccccc2)N2CCN(c3ccccc3F)CC2)cc1. The number of piperazine rings is 1. The lowest BCUT2D eigenvalue weighted by Gasteiger charge is -2.40. The van der Waals surface area contributed by atoms with Crippen molar-refractivity contribution in [3.63, 3.8) is 0 Å². The van der Waals surface area contributed by atoms with Crippen LogP contribution in [0.25, 0.3) is 0 Å². The lowest BCUT2D eigenvalue weighted by molar-refractivity contribution is 0.200. The average Bonchev–Trinajstić information content (AvgIpc) is 3.37. The molecule has 1 unspecified atom stereocenters. The minimum absolute atomic E-state index is 0.116. The van der Waals surface area contributed by atoms with Gasteiger partial charge in [0.1, 0.15) is 11.6 Å². The fourth-order valence-electron chi connectivity index (χ4n) is 4.68. The number of ether oxygens (including phenoxy) is 1. The van der Waals surface area contributed by atoms with Gasteiger partial charge >= 0.3 is 0 Å². The van der Waals surface area contributed by atoms with E-state index < -0.39 is 0 Å². The van der Waals surface area contributed by atoms with Gasteiger partial charge in [-0.05, 0) is 52.2 Å². The highest BCUT2D eigenvalue weighted by Crippen LogP contribution is 2.31. The summed E-state index contributed by atoms with van der Waals surface area (Å²) in [5.41, 5.74) is 3.00. The Labute approximate surface area is 204 Å². The second-order valence-electron chi connectivity index (χ2n) is 8.65. The highest BCUT2D eigenvalue weighted by atomic mass is 19.1. The molecule has 1 aliphatic rings. The van der Waals surface area contributed by atoms with Gasteiger partial charge in [-0.1, -0.05) is 54.6 Å². The summed E-state index contributed by atoms with van der Waals surface area (Å²) in [5.74, 6) is 1.43. The van der Waals surface area contributed by atoms with Crippen LogP contribution in [0, 0.1) is 5.82 Å². The Morgan fingerprint density at radius 3 is 2.31 bits per heavy atom. The molecule has 8 heteroatoms. The average molecular weight is 473 g/mol. The van der Waals surface area contributed by atoms with Crippen LogP contribution in [0.4, 0.5) is 10.1 Å². The molecular weight excluding hydrogens is 443 g/mol. The molecule has 0 bridgehead atoms. The van der Waals surface area contributed by atoms with E-state index in [1.807, 2.05) is 47.1 Å². The number of benzene rings is 3. The Kier molecular flexibility index (Phi) is 6.99. The lowest BCUT2D eigenvalue weighted by Crippen LogP contribution is -2.48. The molecule has 1 aromatic heterocycles. The zero-order valence-electron chi connectivity index (χ0n) is 19.8. The molecule has 180 valence electrons. The molecule has 35 heavy (non-hydrogen) atoms. The summed E-state index contributed by atoms with van der Waals surface area (Å²) in [6.45, 7) is 3.65. The first-order valence-corrected chi connectivity index (χ1v) is 11.9. The first-order valence-electron chi connectivity index (χ1n) is 11.9. The van der Waals surface area contributed by atoms with E-state index in [0.29, 0.717) is 12.2 Å². The van der Waals surface area contributed by atoms with E-state index in [0.717, 1.165) is 49.7 Å². The van der Waals surface area contributed by atoms with Crippen LogP contribution in [0.1, 0.15) is 23.0 Å². The molecule has 0 radical (unpaired) electrons. The van der Waals surface area contributed by atoms with Gasteiger partial charge in [0.2, 0.25) is 0 Å². The van der Waals surface area contributed by atoms with Gasteiger partial charge in [-0.15, -0.1) is 5.10 Å². The predicted octanol–water partition coefficient (Wildman–Crippen LogP) is 3.98. The number of nitrogens with zero attached hydrogens (tertiary/aromatic N) is 6. The maximum absolute atomic E-state index is 14.4. The summed E-state index contributed by atoms with van der Waals surface area (Å²) in [4.78, 5) is 4.49. The van der Waals surface area contributed by atoms with Crippen molar-refractivity contribution in [2.45, 2.75) is 19.0 Å². The molecule has 1 atom stereocenters. The second kappa shape index (κ2) is 10.7. The van der Waals surface area contributed by atoms with E-state index in [1.165, 1.54) is 11.6 Å². The molecule has 1 aliphatic heterocycles. The van der Waals surface area contributed by atoms with Gasteiger partial charge in [0, 0.05) is 32.7 Å². The molecule has 7 nitrogen and oxygen atoms in total. The Hall–Kier alpha value is -3.78. The van der Waals surface area contributed by atoms with Crippen LogP contribution < -0.4 is 9.64 Å². The van der Waals surface area contributed by atoms with Gasteiger partial charge in [-0.25, -0.2) is 9.07 Å². The molecule has 1 saturated heterocycles. The topological polar surface area (TPSA) is 59.3 Å². The minimum atomic E-state index is -0.183. The van der Waals surface area contributed by atoms with Gasteiger partial charge in [0.05, 0.1) is 18.8 Å². The highest BCUT2D eigenvalue weighted by molar-refractivity contribution is 5.48. The Balaban J connectivity index is 1.39. The summed E-state index contributed by atoms with van der Waals surface area (Å²) >= 11 is 0. The molecular formula is C27H29FN6O. The van der Waals surface area contributed by atoms with Crippen molar-refractivity contribution in [2.75, 3.05) is 38.2 Å². The van der Waals surface area contributed by atoms with Crippen molar-refractivity contribution in [3.8, 4) is 5.75 Å². The van der Waals surface area contributed by atoms with Crippen LogP contribution in [-0.2, 0) is 13.0 Å². The van der Waals surface area contributed by atoms with Crippen molar-refractivity contribution in [3.05, 3.63) is 102 Å². The Morgan fingerprint density at radius 1 is 0.886 bits per heavy atom. The third-order valence-corrected chi connectivity index (χ3v) is 6.56. The van der Waals surface area contributed by atoms with Gasteiger partial charge in [0.25, 0.3) is 0 Å². The number of rotatable bonds is 8. The van der Waals surface area contributed by atoms with Gasteiger partial charge in [-0.2, -0.15) is 0 Å². The van der Waals surface area contributed by atoms with Crippen molar-refractivity contribution >= 4 is 5.69 Å². The van der Waals surface area contributed by atoms with E-state index >= 15 is 0 Å². The molecule has 1 fully saturated rings. The van der Waals surface area contributed by atoms with Crippen LogP contribution in [0.15, 0.2) is 78.9 Å². The van der Waals surface area contributed by atoms with Crippen molar-refractivity contribution < 1.29 is 9.13 Å². The smallest absolute Gasteiger partial charge is 0.173 e. The molecule has 5 rings (SSSR count). The summed E-state index contributed by atoms with van der Waals surface area (Å²) < 4.78 is 21.6. The van der Waals surface area contributed by atoms with E-state index in [2.05, 4.69) is 49.6 Å². The number of aromatic nitrogens is 4. The van der Waals surface area contributed by atoms with E-state index in [1.54, 1.807) is 13.2 Å².